The second-order valence-corrected chi connectivity index (χ2v) is 13.6. The summed E-state index contributed by atoms with van der Waals surface area (Å²) in [5, 5.41) is 44.1. The van der Waals surface area contributed by atoms with Crippen LogP contribution in [0.5, 0.6) is 0 Å². The molecule has 4 N–H and O–H groups in total. The van der Waals surface area contributed by atoms with Crippen LogP contribution in [0.2, 0.25) is 0 Å². The molecular formula is C29H50O5. The molecule has 196 valence electrons. The predicted molar refractivity (Wildman–Crippen MR) is 133 cm³/mol. The number of hydrogen-bond acceptors (Lipinski definition) is 5. The maximum absolute atomic E-state index is 13.4. The molecule has 4 rings (SSSR count). The van der Waals surface area contributed by atoms with Crippen molar-refractivity contribution in [2.45, 2.75) is 123 Å². The van der Waals surface area contributed by atoms with Gasteiger partial charge in [-0.2, -0.15) is 0 Å². The summed E-state index contributed by atoms with van der Waals surface area (Å²) in [5.41, 5.74) is -1.81. The molecule has 4 aliphatic rings. The average Bonchev–Trinajstić information content (AvgIpc) is 3.12. The van der Waals surface area contributed by atoms with Gasteiger partial charge in [0.2, 0.25) is 0 Å². The Bertz CT molecular complexity index is 768. The molecule has 4 fully saturated rings. The summed E-state index contributed by atoms with van der Waals surface area (Å²) < 4.78 is 0. The fourth-order valence-electron chi connectivity index (χ4n) is 9.83. The number of ketones is 1. The Balaban J connectivity index is 1.57. The molecule has 5 heteroatoms. The van der Waals surface area contributed by atoms with Crippen molar-refractivity contribution >= 4 is 5.78 Å². The van der Waals surface area contributed by atoms with Crippen molar-refractivity contribution in [3.8, 4) is 0 Å². The van der Waals surface area contributed by atoms with Crippen molar-refractivity contribution in [3.05, 3.63) is 0 Å². The number of hydrogen-bond donors (Lipinski definition) is 4. The summed E-state index contributed by atoms with van der Waals surface area (Å²) >= 11 is 0. The number of fused-ring (bicyclic) bond motifs is 5. The fourth-order valence-corrected chi connectivity index (χ4v) is 9.83. The molecule has 0 aromatic carbocycles. The number of aliphatic hydroxyl groups is 4. The second-order valence-electron chi connectivity index (χ2n) is 13.6. The van der Waals surface area contributed by atoms with Crippen LogP contribution in [0.15, 0.2) is 0 Å². The van der Waals surface area contributed by atoms with Crippen molar-refractivity contribution in [2.75, 3.05) is 0 Å². The first kappa shape index (κ1) is 26.6. The summed E-state index contributed by atoms with van der Waals surface area (Å²) in [6.07, 6.45) is 4.92. The molecule has 0 aromatic heterocycles. The van der Waals surface area contributed by atoms with Gasteiger partial charge in [0.15, 0.2) is 5.78 Å². The van der Waals surface area contributed by atoms with Crippen LogP contribution >= 0.6 is 0 Å². The Kier molecular flexibility index (Phi) is 7.12. The van der Waals surface area contributed by atoms with E-state index in [0.717, 1.165) is 32.1 Å². The molecule has 0 spiro atoms. The minimum atomic E-state index is -1.39. The highest BCUT2D eigenvalue weighted by molar-refractivity contribution is 5.89. The molecule has 0 aromatic rings. The summed E-state index contributed by atoms with van der Waals surface area (Å²) in [6.45, 7) is 12.9. The molecule has 3 unspecified atom stereocenters. The minimum Gasteiger partial charge on any atom is -0.393 e. The molecule has 0 aliphatic heterocycles. The second kappa shape index (κ2) is 9.11. The maximum Gasteiger partial charge on any atom is 0.165 e. The highest BCUT2D eigenvalue weighted by Crippen LogP contribution is 2.68. The van der Waals surface area contributed by atoms with Crippen molar-refractivity contribution in [3.63, 3.8) is 0 Å². The quantitative estimate of drug-likeness (QED) is 0.455. The molecule has 0 saturated heterocycles. The lowest BCUT2D eigenvalue weighted by Crippen LogP contribution is -2.67. The lowest BCUT2D eigenvalue weighted by molar-refractivity contribution is -0.214. The Morgan fingerprint density at radius 3 is 2.26 bits per heavy atom. The highest BCUT2D eigenvalue weighted by atomic mass is 16.3. The molecule has 0 heterocycles. The van der Waals surface area contributed by atoms with Crippen molar-refractivity contribution < 1.29 is 25.2 Å². The fraction of sp³-hybridized carbons (Fsp3) is 0.966. The van der Waals surface area contributed by atoms with Crippen molar-refractivity contribution in [2.24, 2.45) is 52.3 Å². The van der Waals surface area contributed by atoms with Crippen LogP contribution in [0.25, 0.3) is 0 Å². The Hall–Kier alpha value is -0.490. The normalized spacial score (nSPS) is 48.0. The van der Waals surface area contributed by atoms with E-state index in [0.29, 0.717) is 42.9 Å². The number of aliphatic hydroxyl groups excluding tert-OH is 3. The van der Waals surface area contributed by atoms with E-state index in [9.17, 15) is 25.2 Å². The van der Waals surface area contributed by atoms with E-state index in [1.54, 1.807) is 0 Å². The summed E-state index contributed by atoms with van der Waals surface area (Å²) in [5.74, 6) is 1.66. The van der Waals surface area contributed by atoms with Crippen molar-refractivity contribution in [1.29, 1.82) is 0 Å². The summed E-state index contributed by atoms with van der Waals surface area (Å²) in [7, 11) is 0. The van der Waals surface area contributed by atoms with Gasteiger partial charge in [-0.15, -0.1) is 0 Å². The van der Waals surface area contributed by atoms with E-state index in [1.807, 2.05) is 0 Å². The van der Waals surface area contributed by atoms with Crippen LogP contribution in [-0.4, -0.2) is 50.1 Å². The SMILES string of the molecule is CC[C@@H](C(C)C)[C@@H](O)[C@H](O)[C@@H](C)[C@H]1CCC2C3CC(=O)[C@@]4(O)C[C@@H](O)CC[C@]4(C)C3CC[C@@]21C. The van der Waals surface area contributed by atoms with E-state index >= 15 is 0 Å². The van der Waals surface area contributed by atoms with E-state index in [2.05, 4.69) is 41.5 Å². The van der Waals surface area contributed by atoms with Gasteiger partial charge in [0.05, 0.1) is 18.3 Å². The van der Waals surface area contributed by atoms with Crippen molar-refractivity contribution in [1.82, 2.24) is 0 Å². The van der Waals surface area contributed by atoms with Crippen LogP contribution in [0.4, 0.5) is 0 Å². The van der Waals surface area contributed by atoms with Gasteiger partial charge in [-0.3, -0.25) is 4.79 Å². The topological polar surface area (TPSA) is 98.0 Å². The van der Waals surface area contributed by atoms with E-state index in [1.165, 1.54) is 0 Å². The number of rotatable bonds is 6. The van der Waals surface area contributed by atoms with Crippen LogP contribution in [-0.2, 0) is 4.79 Å². The van der Waals surface area contributed by atoms with Crippen LogP contribution in [0.3, 0.4) is 0 Å². The Labute approximate surface area is 206 Å². The third kappa shape index (κ3) is 3.74. The largest absolute Gasteiger partial charge is 0.393 e. The zero-order valence-corrected chi connectivity index (χ0v) is 22.3. The molecule has 12 atom stereocenters. The molecule has 5 nitrogen and oxygen atoms in total. The first-order chi connectivity index (χ1) is 15.8. The molecule has 0 radical (unpaired) electrons. The van der Waals surface area contributed by atoms with Gasteiger partial charge < -0.3 is 20.4 Å². The number of Topliss-reactive ketones (excluding diaryl/α,β-unsaturated/α-hetero) is 1. The third-order valence-electron chi connectivity index (χ3n) is 12.0. The van der Waals surface area contributed by atoms with Gasteiger partial charge in [0.25, 0.3) is 0 Å². The maximum atomic E-state index is 13.4. The van der Waals surface area contributed by atoms with Gasteiger partial charge in [0.1, 0.15) is 5.60 Å². The van der Waals surface area contributed by atoms with Gasteiger partial charge >= 0.3 is 0 Å². The zero-order chi connectivity index (χ0) is 25.2. The highest BCUT2D eigenvalue weighted by Gasteiger charge is 2.67. The Morgan fingerprint density at radius 2 is 1.65 bits per heavy atom. The molecule has 4 saturated carbocycles. The van der Waals surface area contributed by atoms with Crippen LogP contribution in [0, 0.1) is 52.3 Å². The molecule has 34 heavy (non-hydrogen) atoms. The Morgan fingerprint density at radius 1 is 0.971 bits per heavy atom. The number of carbonyl (C=O) groups excluding carboxylic acids is 1. The number of carbonyl (C=O) groups is 1. The van der Waals surface area contributed by atoms with Gasteiger partial charge in [-0.05, 0) is 85.4 Å². The van der Waals surface area contributed by atoms with E-state index < -0.39 is 29.3 Å². The lowest BCUT2D eigenvalue weighted by Gasteiger charge is -2.63. The first-order valence-corrected chi connectivity index (χ1v) is 14.1. The van der Waals surface area contributed by atoms with Gasteiger partial charge in [-0.1, -0.05) is 48.0 Å². The monoisotopic (exact) mass is 478 g/mol. The van der Waals surface area contributed by atoms with Gasteiger partial charge in [-0.25, -0.2) is 0 Å². The van der Waals surface area contributed by atoms with E-state index in [-0.39, 0.29) is 35.4 Å². The lowest BCUT2D eigenvalue weighted by atomic mass is 9.42. The standard InChI is InChI=1S/C29H50O5/c1-7-19(16(2)3)26(33)25(32)17(4)21-8-9-22-20-14-24(31)29(34)15-18(30)10-13-28(29,6)23(20)11-12-27(21,22)5/h16-23,25-26,30,32-34H,7-15H2,1-6H3/t17-,18-,19-,20?,21+,22?,23?,25+,26+,27+,28+,29-/m0/s1. The first-order valence-electron chi connectivity index (χ1n) is 14.1. The summed E-state index contributed by atoms with van der Waals surface area (Å²) in [6, 6.07) is 0. The van der Waals surface area contributed by atoms with Crippen LogP contribution in [0.1, 0.15) is 99.3 Å². The van der Waals surface area contributed by atoms with E-state index in [4.69, 9.17) is 0 Å². The molecule has 0 bridgehead atoms. The zero-order valence-electron chi connectivity index (χ0n) is 22.3. The minimum absolute atomic E-state index is 0.00555. The predicted octanol–water partition coefficient (Wildman–Crippen LogP) is 4.34. The molecule has 0 amide bonds. The smallest absolute Gasteiger partial charge is 0.165 e. The average molecular weight is 479 g/mol. The molecular weight excluding hydrogens is 428 g/mol. The third-order valence-corrected chi connectivity index (χ3v) is 12.0. The molecule has 4 aliphatic carbocycles. The van der Waals surface area contributed by atoms with Gasteiger partial charge in [0, 0.05) is 18.3 Å². The van der Waals surface area contributed by atoms with Crippen LogP contribution < -0.4 is 0 Å². The summed E-state index contributed by atoms with van der Waals surface area (Å²) in [4.78, 5) is 13.4.